The predicted octanol–water partition coefficient (Wildman–Crippen LogP) is 1.77. The standard InChI is InChI=1S/C19H23N7O3S/c1-19(13-8-4-2-5-9-13)16(28)26(17(29)20-19)22-15(27)12-30-18-21-23-24-25(18)14-10-6-3-7-11-14/h2,4-5,8-9,14H,3,6-7,10-12H2,1H3,(H,20,29)(H,22,27). The number of imide groups is 1. The minimum absolute atomic E-state index is 0.0216. The van der Waals surface area contributed by atoms with Gasteiger partial charge in [-0.3, -0.25) is 15.0 Å². The van der Waals surface area contributed by atoms with Crippen LogP contribution in [0.25, 0.3) is 0 Å². The summed E-state index contributed by atoms with van der Waals surface area (Å²) in [4.78, 5) is 37.6. The summed E-state index contributed by atoms with van der Waals surface area (Å²) < 4.78 is 1.78. The molecule has 4 rings (SSSR count). The van der Waals surface area contributed by atoms with Crippen LogP contribution in [0.15, 0.2) is 35.5 Å². The highest BCUT2D eigenvalue weighted by molar-refractivity contribution is 7.99. The number of thioether (sulfide) groups is 1. The van der Waals surface area contributed by atoms with E-state index in [0.29, 0.717) is 10.7 Å². The molecule has 2 aliphatic rings. The van der Waals surface area contributed by atoms with E-state index in [1.807, 2.05) is 6.07 Å². The van der Waals surface area contributed by atoms with Gasteiger partial charge in [-0.05, 0) is 35.8 Å². The summed E-state index contributed by atoms with van der Waals surface area (Å²) in [7, 11) is 0. The fourth-order valence-corrected chi connectivity index (χ4v) is 4.57. The van der Waals surface area contributed by atoms with Crippen LogP contribution in [0.4, 0.5) is 4.79 Å². The highest BCUT2D eigenvalue weighted by Crippen LogP contribution is 2.30. The van der Waals surface area contributed by atoms with Crippen molar-refractivity contribution in [2.24, 2.45) is 0 Å². The largest absolute Gasteiger partial charge is 0.344 e. The highest BCUT2D eigenvalue weighted by atomic mass is 32.2. The smallest absolute Gasteiger partial charge is 0.318 e. The molecule has 2 fully saturated rings. The number of nitrogens with zero attached hydrogens (tertiary/aromatic N) is 5. The number of nitrogens with one attached hydrogen (secondary N) is 2. The monoisotopic (exact) mass is 429 g/mol. The fraction of sp³-hybridized carbons (Fsp3) is 0.474. The molecule has 10 nitrogen and oxygen atoms in total. The molecule has 4 amide bonds. The molecule has 2 heterocycles. The maximum Gasteiger partial charge on any atom is 0.344 e. The molecule has 1 saturated carbocycles. The van der Waals surface area contributed by atoms with Crippen molar-refractivity contribution in [2.45, 2.75) is 55.8 Å². The lowest BCUT2D eigenvalue weighted by Gasteiger charge is -2.22. The van der Waals surface area contributed by atoms with E-state index < -0.39 is 23.4 Å². The summed E-state index contributed by atoms with van der Waals surface area (Å²) >= 11 is 1.18. The first-order chi connectivity index (χ1) is 14.5. The average molecular weight is 430 g/mol. The zero-order valence-corrected chi connectivity index (χ0v) is 17.4. The Morgan fingerprint density at radius 3 is 2.70 bits per heavy atom. The SMILES string of the molecule is CC1(c2ccccc2)NC(=O)N(NC(=O)CSc2nnnn2C2CCCCC2)C1=O. The van der Waals surface area contributed by atoms with Gasteiger partial charge in [0.05, 0.1) is 11.8 Å². The molecule has 2 aromatic rings. The number of aromatic nitrogens is 4. The molecule has 1 unspecified atom stereocenters. The molecule has 0 radical (unpaired) electrons. The summed E-state index contributed by atoms with van der Waals surface area (Å²) in [6.45, 7) is 1.61. The van der Waals surface area contributed by atoms with Crippen LogP contribution in [0.5, 0.6) is 0 Å². The molecule has 11 heteroatoms. The number of carbonyl (C=O) groups is 3. The number of rotatable bonds is 6. The van der Waals surface area contributed by atoms with E-state index in [9.17, 15) is 14.4 Å². The van der Waals surface area contributed by atoms with E-state index in [0.717, 1.165) is 30.7 Å². The summed E-state index contributed by atoms with van der Waals surface area (Å²) in [5.41, 5.74) is 1.81. The van der Waals surface area contributed by atoms with Crippen LogP contribution in [0.3, 0.4) is 0 Å². The molecule has 1 saturated heterocycles. The average Bonchev–Trinajstić information content (AvgIpc) is 3.32. The molecule has 1 aromatic heterocycles. The molecular weight excluding hydrogens is 406 g/mol. The van der Waals surface area contributed by atoms with Crippen molar-refractivity contribution in [3.05, 3.63) is 35.9 Å². The van der Waals surface area contributed by atoms with Crippen LogP contribution < -0.4 is 10.7 Å². The van der Waals surface area contributed by atoms with Gasteiger partial charge < -0.3 is 5.32 Å². The van der Waals surface area contributed by atoms with Gasteiger partial charge >= 0.3 is 6.03 Å². The minimum atomic E-state index is -1.23. The number of amides is 4. The van der Waals surface area contributed by atoms with Gasteiger partial charge in [0.1, 0.15) is 5.54 Å². The van der Waals surface area contributed by atoms with Gasteiger partial charge in [0.25, 0.3) is 5.91 Å². The normalized spacial score (nSPS) is 22.2. The molecular formula is C19H23N7O3S. The lowest BCUT2D eigenvalue weighted by molar-refractivity contribution is -0.138. The van der Waals surface area contributed by atoms with E-state index in [1.165, 1.54) is 18.2 Å². The Hall–Kier alpha value is -2.95. The fourth-order valence-electron chi connectivity index (χ4n) is 3.83. The van der Waals surface area contributed by atoms with Gasteiger partial charge in [-0.2, -0.15) is 5.01 Å². The number of benzene rings is 1. The zero-order chi connectivity index (χ0) is 21.1. The van der Waals surface area contributed by atoms with Gasteiger partial charge in [-0.25, -0.2) is 9.48 Å². The Morgan fingerprint density at radius 1 is 1.23 bits per heavy atom. The Kier molecular flexibility index (Phi) is 5.71. The molecule has 0 bridgehead atoms. The maximum absolute atomic E-state index is 12.9. The summed E-state index contributed by atoms with van der Waals surface area (Å²) in [5.74, 6) is -1.05. The van der Waals surface area contributed by atoms with Crippen LogP contribution in [0.2, 0.25) is 0 Å². The lowest BCUT2D eigenvalue weighted by atomic mass is 9.92. The van der Waals surface area contributed by atoms with Crippen molar-refractivity contribution in [1.82, 2.24) is 36.0 Å². The Labute approximate surface area is 177 Å². The number of hydrazine groups is 1. The summed E-state index contributed by atoms with van der Waals surface area (Å²) in [5, 5.41) is 15.8. The zero-order valence-electron chi connectivity index (χ0n) is 16.6. The molecule has 1 aliphatic heterocycles. The topological polar surface area (TPSA) is 122 Å². The predicted molar refractivity (Wildman–Crippen MR) is 108 cm³/mol. The third-order valence-electron chi connectivity index (χ3n) is 5.49. The molecule has 1 atom stereocenters. The van der Waals surface area contributed by atoms with Gasteiger partial charge in [0.2, 0.25) is 11.1 Å². The quantitative estimate of drug-likeness (QED) is 0.530. The second kappa shape index (κ2) is 8.42. The van der Waals surface area contributed by atoms with Crippen LogP contribution >= 0.6 is 11.8 Å². The van der Waals surface area contributed by atoms with Crippen molar-refractivity contribution in [3.8, 4) is 0 Å². The number of carbonyl (C=O) groups excluding carboxylic acids is 3. The van der Waals surface area contributed by atoms with Gasteiger partial charge in [0, 0.05) is 0 Å². The van der Waals surface area contributed by atoms with Crippen LogP contribution in [-0.4, -0.2) is 48.8 Å². The van der Waals surface area contributed by atoms with Crippen molar-refractivity contribution < 1.29 is 14.4 Å². The van der Waals surface area contributed by atoms with E-state index >= 15 is 0 Å². The molecule has 158 valence electrons. The Morgan fingerprint density at radius 2 is 1.97 bits per heavy atom. The van der Waals surface area contributed by atoms with Gasteiger partial charge in [-0.1, -0.05) is 61.4 Å². The molecule has 30 heavy (non-hydrogen) atoms. The lowest BCUT2D eigenvalue weighted by Crippen LogP contribution is -2.48. The first-order valence-electron chi connectivity index (χ1n) is 9.91. The third-order valence-corrected chi connectivity index (χ3v) is 6.43. The summed E-state index contributed by atoms with van der Waals surface area (Å²) in [6.07, 6.45) is 5.54. The Bertz CT molecular complexity index is 945. The second-order valence-corrected chi connectivity index (χ2v) is 8.53. The van der Waals surface area contributed by atoms with E-state index in [1.54, 1.807) is 35.9 Å². The number of hydrogen-bond donors (Lipinski definition) is 2. The first kappa shape index (κ1) is 20.3. The molecule has 1 aliphatic carbocycles. The first-order valence-corrected chi connectivity index (χ1v) is 10.9. The van der Waals surface area contributed by atoms with Gasteiger partial charge in [-0.15, -0.1) is 5.10 Å². The molecule has 2 N–H and O–H groups in total. The summed E-state index contributed by atoms with van der Waals surface area (Å²) in [6, 6.07) is 8.48. The number of tetrazole rings is 1. The number of hydrogen-bond acceptors (Lipinski definition) is 7. The van der Waals surface area contributed by atoms with Crippen molar-refractivity contribution in [1.29, 1.82) is 0 Å². The third kappa shape index (κ3) is 3.89. The number of urea groups is 1. The van der Waals surface area contributed by atoms with Crippen molar-refractivity contribution >= 4 is 29.6 Å². The van der Waals surface area contributed by atoms with Crippen LogP contribution in [0.1, 0.15) is 50.6 Å². The Balaban J connectivity index is 1.37. The van der Waals surface area contributed by atoms with Crippen LogP contribution in [0, 0.1) is 0 Å². The maximum atomic E-state index is 12.9. The van der Waals surface area contributed by atoms with E-state index in [4.69, 9.17) is 0 Å². The van der Waals surface area contributed by atoms with E-state index in [2.05, 4.69) is 26.3 Å². The van der Waals surface area contributed by atoms with Crippen molar-refractivity contribution in [2.75, 3.05) is 5.75 Å². The highest BCUT2D eigenvalue weighted by Gasteiger charge is 2.49. The molecule has 0 spiro atoms. The minimum Gasteiger partial charge on any atom is -0.318 e. The second-order valence-electron chi connectivity index (χ2n) is 7.58. The molecule has 1 aromatic carbocycles. The van der Waals surface area contributed by atoms with Gasteiger partial charge in [0.15, 0.2) is 0 Å². The van der Waals surface area contributed by atoms with E-state index in [-0.39, 0.29) is 11.8 Å². The van der Waals surface area contributed by atoms with Crippen LogP contribution in [-0.2, 0) is 15.1 Å². The van der Waals surface area contributed by atoms with Crippen molar-refractivity contribution in [3.63, 3.8) is 0 Å².